The molecular formula is C12H10N4O2S. The van der Waals surface area contributed by atoms with Crippen molar-refractivity contribution >= 4 is 27.1 Å². The van der Waals surface area contributed by atoms with E-state index in [2.05, 4.69) is 10.3 Å². The smallest absolute Gasteiger partial charge is 0.364 e. The third kappa shape index (κ3) is 2.15. The second kappa shape index (κ2) is 4.69. The monoisotopic (exact) mass is 274 g/mol. The minimum atomic E-state index is -0.390. The number of aromatic nitrogens is 2. The van der Waals surface area contributed by atoms with Crippen LogP contribution in [0.5, 0.6) is 0 Å². The molecule has 0 bridgehead atoms. The molecule has 1 N–H and O–H groups in total. The quantitative estimate of drug-likeness (QED) is 0.586. The minimum absolute atomic E-state index is 0.0356. The number of rotatable bonds is 4. The van der Waals surface area contributed by atoms with Crippen LogP contribution in [0.2, 0.25) is 0 Å². The third-order valence-corrected chi connectivity index (χ3v) is 3.72. The van der Waals surface area contributed by atoms with Gasteiger partial charge in [-0.2, -0.15) is 4.40 Å². The first-order chi connectivity index (χ1) is 9.25. The maximum atomic E-state index is 11.1. The Morgan fingerprint density at radius 1 is 1.37 bits per heavy atom. The van der Waals surface area contributed by atoms with Crippen molar-refractivity contribution in [2.24, 2.45) is 0 Å². The number of anilines is 1. The maximum absolute atomic E-state index is 11.1. The van der Waals surface area contributed by atoms with E-state index < -0.39 is 4.92 Å². The molecular weight excluding hydrogens is 264 g/mol. The molecule has 0 spiro atoms. The van der Waals surface area contributed by atoms with Gasteiger partial charge in [0.2, 0.25) is 0 Å². The summed E-state index contributed by atoms with van der Waals surface area (Å²) in [4.78, 5) is 15.4. The molecule has 0 aliphatic heterocycles. The summed E-state index contributed by atoms with van der Waals surface area (Å²) in [5.41, 5.74) is 1.07. The van der Waals surface area contributed by atoms with E-state index in [0.717, 1.165) is 5.56 Å². The fourth-order valence-corrected chi connectivity index (χ4v) is 2.79. The van der Waals surface area contributed by atoms with Gasteiger partial charge < -0.3 is 15.4 Å². The first-order valence-electron chi connectivity index (χ1n) is 5.64. The van der Waals surface area contributed by atoms with Crippen molar-refractivity contribution in [2.75, 3.05) is 5.32 Å². The Balaban J connectivity index is 1.90. The van der Waals surface area contributed by atoms with Gasteiger partial charge in [-0.15, -0.1) is 0 Å². The third-order valence-electron chi connectivity index (χ3n) is 2.70. The van der Waals surface area contributed by atoms with E-state index in [0.29, 0.717) is 16.5 Å². The van der Waals surface area contributed by atoms with Crippen molar-refractivity contribution in [3.05, 3.63) is 58.4 Å². The van der Waals surface area contributed by atoms with Gasteiger partial charge in [-0.1, -0.05) is 30.3 Å². The zero-order valence-electron chi connectivity index (χ0n) is 9.81. The SMILES string of the molecule is O=[N+]([O-])c1c(NCc2ccccc2)sc2nccn12. The van der Waals surface area contributed by atoms with Crippen molar-refractivity contribution in [3.8, 4) is 0 Å². The molecule has 0 amide bonds. The molecule has 0 fully saturated rings. The first kappa shape index (κ1) is 11.7. The van der Waals surface area contributed by atoms with Gasteiger partial charge in [0.15, 0.2) is 5.00 Å². The predicted octanol–water partition coefficient (Wildman–Crippen LogP) is 2.92. The maximum Gasteiger partial charge on any atom is 0.364 e. The Morgan fingerprint density at radius 2 is 2.16 bits per heavy atom. The first-order valence-corrected chi connectivity index (χ1v) is 6.45. The molecule has 3 aromatic rings. The molecule has 0 radical (unpaired) electrons. The van der Waals surface area contributed by atoms with E-state index in [-0.39, 0.29) is 5.82 Å². The van der Waals surface area contributed by atoms with Crippen molar-refractivity contribution < 1.29 is 4.92 Å². The van der Waals surface area contributed by atoms with Crippen LogP contribution >= 0.6 is 11.3 Å². The number of fused-ring (bicyclic) bond motifs is 1. The highest BCUT2D eigenvalue weighted by molar-refractivity contribution is 7.21. The Kier molecular flexibility index (Phi) is 2.88. The highest BCUT2D eigenvalue weighted by Gasteiger charge is 2.22. The molecule has 2 aromatic heterocycles. The summed E-state index contributed by atoms with van der Waals surface area (Å²) in [5.74, 6) is 0.0356. The Bertz CT molecular complexity index is 720. The van der Waals surface area contributed by atoms with E-state index >= 15 is 0 Å². The minimum Gasteiger partial charge on any atom is -0.366 e. The van der Waals surface area contributed by atoms with E-state index in [9.17, 15) is 10.1 Å². The molecule has 3 rings (SSSR count). The van der Waals surface area contributed by atoms with Crippen LogP contribution in [0.25, 0.3) is 4.96 Å². The fourth-order valence-electron chi connectivity index (χ4n) is 1.84. The summed E-state index contributed by atoms with van der Waals surface area (Å²) in [7, 11) is 0. The fraction of sp³-hybridized carbons (Fsp3) is 0.0833. The van der Waals surface area contributed by atoms with Crippen LogP contribution in [-0.2, 0) is 6.54 Å². The van der Waals surface area contributed by atoms with E-state index in [4.69, 9.17) is 0 Å². The number of hydrogen-bond donors (Lipinski definition) is 1. The predicted molar refractivity (Wildman–Crippen MR) is 73.5 cm³/mol. The second-order valence-corrected chi connectivity index (χ2v) is 4.91. The van der Waals surface area contributed by atoms with Gasteiger partial charge in [-0.25, -0.2) is 4.98 Å². The molecule has 2 heterocycles. The van der Waals surface area contributed by atoms with Gasteiger partial charge >= 0.3 is 5.82 Å². The average molecular weight is 274 g/mol. The van der Waals surface area contributed by atoms with Gasteiger partial charge in [0.25, 0.3) is 4.96 Å². The number of imidazole rings is 1. The van der Waals surface area contributed by atoms with Crippen LogP contribution in [0, 0.1) is 10.1 Å². The number of benzene rings is 1. The number of nitro groups is 1. The molecule has 19 heavy (non-hydrogen) atoms. The Hall–Kier alpha value is -2.41. The molecule has 6 nitrogen and oxygen atoms in total. The molecule has 0 aliphatic rings. The van der Waals surface area contributed by atoms with Gasteiger partial charge in [-0.05, 0) is 21.8 Å². The van der Waals surface area contributed by atoms with E-state index in [1.54, 1.807) is 12.4 Å². The molecule has 0 unspecified atom stereocenters. The summed E-state index contributed by atoms with van der Waals surface area (Å²) >= 11 is 1.28. The van der Waals surface area contributed by atoms with E-state index in [1.807, 2.05) is 30.3 Å². The Labute approximate surface area is 112 Å². The van der Waals surface area contributed by atoms with Gasteiger partial charge in [0.05, 0.1) is 6.20 Å². The van der Waals surface area contributed by atoms with Crippen LogP contribution in [-0.4, -0.2) is 14.3 Å². The number of nitrogens with one attached hydrogen (secondary N) is 1. The standard InChI is InChI=1S/C12H10N4O2S/c17-16(18)11-10(19-12-13-6-7-15(11)12)14-8-9-4-2-1-3-5-9/h1-7,14H,8H2. The molecule has 1 aromatic carbocycles. The summed E-state index contributed by atoms with van der Waals surface area (Å²) < 4.78 is 1.48. The second-order valence-electron chi connectivity index (χ2n) is 3.93. The van der Waals surface area contributed by atoms with Crippen molar-refractivity contribution in [2.45, 2.75) is 6.54 Å². The van der Waals surface area contributed by atoms with Gasteiger partial charge in [0.1, 0.15) is 6.20 Å². The lowest BCUT2D eigenvalue weighted by molar-refractivity contribution is -0.389. The topological polar surface area (TPSA) is 72.5 Å². The highest BCUT2D eigenvalue weighted by atomic mass is 32.1. The van der Waals surface area contributed by atoms with Crippen molar-refractivity contribution in [3.63, 3.8) is 0 Å². The summed E-state index contributed by atoms with van der Waals surface area (Å²) in [5, 5.41) is 14.8. The van der Waals surface area contributed by atoms with Crippen LogP contribution in [0.4, 0.5) is 10.8 Å². The van der Waals surface area contributed by atoms with Crippen molar-refractivity contribution in [1.82, 2.24) is 9.38 Å². The van der Waals surface area contributed by atoms with Crippen LogP contribution in [0.3, 0.4) is 0 Å². The Morgan fingerprint density at radius 3 is 2.89 bits per heavy atom. The lowest BCUT2D eigenvalue weighted by atomic mass is 10.2. The van der Waals surface area contributed by atoms with Crippen LogP contribution in [0.15, 0.2) is 42.7 Å². The van der Waals surface area contributed by atoms with Gasteiger partial charge in [0, 0.05) is 6.54 Å². The summed E-state index contributed by atoms with van der Waals surface area (Å²) in [6.45, 7) is 0.547. The van der Waals surface area contributed by atoms with Crippen LogP contribution < -0.4 is 5.32 Å². The summed E-state index contributed by atoms with van der Waals surface area (Å²) in [6, 6.07) is 9.75. The average Bonchev–Trinajstić information content (AvgIpc) is 2.96. The molecule has 0 saturated carbocycles. The number of hydrogen-bond acceptors (Lipinski definition) is 5. The normalized spacial score (nSPS) is 10.7. The lowest BCUT2D eigenvalue weighted by Gasteiger charge is -2.03. The zero-order valence-corrected chi connectivity index (χ0v) is 10.6. The summed E-state index contributed by atoms with van der Waals surface area (Å²) in [6.07, 6.45) is 3.15. The molecule has 0 aliphatic carbocycles. The van der Waals surface area contributed by atoms with Gasteiger partial charge in [-0.3, -0.25) is 0 Å². The molecule has 7 heteroatoms. The van der Waals surface area contributed by atoms with E-state index in [1.165, 1.54) is 15.7 Å². The highest BCUT2D eigenvalue weighted by Crippen LogP contribution is 2.34. The zero-order chi connectivity index (χ0) is 13.2. The molecule has 0 saturated heterocycles. The number of nitrogens with zero attached hydrogens (tertiary/aromatic N) is 3. The van der Waals surface area contributed by atoms with Crippen molar-refractivity contribution in [1.29, 1.82) is 0 Å². The largest absolute Gasteiger partial charge is 0.366 e. The lowest BCUT2D eigenvalue weighted by Crippen LogP contribution is -2.01. The molecule has 96 valence electrons. The molecule has 0 atom stereocenters. The number of thiazole rings is 1. The van der Waals surface area contributed by atoms with Crippen LogP contribution in [0.1, 0.15) is 5.56 Å².